The lowest BCUT2D eigenvalue weighted by Crippen LogP contribution is -2.50. The standard InChI is InChI=1S/C18H29BN2O5.2ClH/c1-26-15-6-4-14(5-7-15)18(9-10-18)21-13-11-17(20,16(22)23)8-2-3-12-19(24)25;;/h4-7,21,24-25H,2-3,8-13,20H2,1H3,(H,22,23);2*1H. The highest BCUT2D eigenvalue weighted by Crippen LogP contribution is 2.45. The van der Waals surface area contributed by atoms with E-state index in [2.05, 4.69) is 5.32 Å². The van der Waals surface area contributed by atoms with Gasteiger partial charge in [-0.3, -0.25) is 4.79 Å². The second kappa shape index (κ2) is 11.9. The Morgan fingerprint density at radius 3 is 2.29 bits per heavy atom. The van der Waals surface area contributed by atoms with E-state index in [0.717, 1.165) is 18.6 Å². The number of aliphatic carboxylic acids is 1. The van der Waals surface area contributed by atoms with Crippen LogP contribution in [0.2, 0.25) is 6.32 Å². The normalized spacial score (nSPS) is 16.1. The molecule has 1 fully saturated rings. The molecule has 0 spiro atoms. The maximum atomic E-state index is 11.6. The van der Waals surface area contributed by atoms with Crippen molar-refractivity contribution in [2.45, 2.75) is 55.9 Å². The van der Waals surface area contributed by atoms with E-state index >= 15 is 0 Å². The van der Waals surface area contributed by atoms with Gasteiger partial charge in [-0.1, -0.05) is 25.0 Å². The van der Waals surface area contributed by atoms with Gasteiger partial charge in [-0.25, -0.2) is 0 Å². The van der Waals surface area contributed by atoms with Gasteiger partial charge in [0.1, 0.15) is 11.3 Å². The fourth-order valence-electron chi connectivity index (χ4n) is 3.23. The molecule has 0 radical (unpaired) electrons. The van der Waals surface area contributed by atoms with Crippen LogP contribution in [0.1, 0.15) is 44.1 Å². The molecule has 7 nitrogen and oxygen atoms in total. The summed E-state index contributed by atoms with van der Waals surface area (Å²) in [4.78, 5) is 11.6. The first-order valence-electron chi connectivity index (χ1n) is 9.09. The topological polar surface area (TPSA) is 125 Å². The quantitative estimate of drug-likeness (QED) is 0.250. The Morgan fingerprint density at radius 1 is 1.21 bits per heavy atom. The van der Waals surface area contributed by atoms with Gasteiger partial charge in [0.05, 0.1) is 7.11 Å². The molecule has 0 heterocycles. The van der Waals surface area contributed by atoms with Gasteiger partial charge >= 0.3 is 13.1 Å². The lowest BCUT2D eigenvalue weighted by Gasteiger charge is -2.27. The van der Waals surface area contributed by atoms with Crippen LogP contribution in [-0.4, -0.2) is 47.4 Å². The molecule has 1 aliphatic carbocycles. The van der Waals surface area contributed by atoms with Crippen LogP contribution in [-0.2, 0) is 10.3 Å². The molecule has 0 aliphatic heterocycles. The van der Waals surface area contributed by atoms with Crippen molar-refractivity contribution in [3.8, 4) is 5.75 Å². The summed E-state index contributed by atoms with van der Waals surface area (Å²) in [5.41, 5.74) is 5.88. The lowest BCUT2D eigenvalue weighted by molar-refractivity contribution is -0.144. The zero-order valence-corrected chi connectivity index (χ0v) is 17.7. The molecule has 28 heavy (non-hydrogen) atoms. The van der Waals surface area contributed by atoms with Gasteiger partial charge in [0.25, 0.3) is 0 Å². The number of benzene rings is 1. The monoisotopic (exact) mass is 436 g/mol. The van der Waals surface area contributed by atoms with Crippen molar-refractivity contribution in [2.24, 2.45) is 5.73 Å². The average molecular weight is 437 g/mol. The molecule has 1 aromatic rings. The summed E-state index contributed by atoms with van der Waals surface area (Å²) in [5, 5.41) is 30.7. The second-order valence-electron chi connectivity index (χ2n) is 7.18. The molecule has 2 rings (SSSR count). The number of hydrogen-bond acceptors (Lipinski definition) is 6. The molecule has 0 amide bonds. The smallest absolute Gasteiger partial charge is 0.451 e. The molecular formula is C18H31BCl2N2O5. The Labute approximate surface area is 179 Å². The second-order valence-corrected chi connectivity index (χ2v) is 7.18. The third-order valence-electron chi connectivity index (χ3n) is 5.19. The maximum absolute atomic E-state index is 11.6. The van der Waals surface area contributed by atoms with Gasteiger partial charge in [0.15, 0.2) is 0 Å². The number of halogens is 2. The number of hydrogen-bond donors (Lipinski definition) is 5. The van der Waals surface area contributed by atoms with Crippen LogP contribution < -0.4 is 15.8 Å². The van der Waals surface area contributed by atoms with Gasteiger partial charge < -0.3 is 30.9 Å². The summed E-state index contributed by atoms with van der Waals surface area (Å²) < 4.78 is 5.18. The molecule has 1 unspecified atom stereocenters. The Balaban J connectivity index is 0.00000364. The van der Waals surface area contributed by atoms with Crippen molar-refractivity contribution in [2.75, 3.05) is 13.7 Å². The molecule has 0 bridgehead atoms. The highest BCUT2D eigenvalue weighted by atomic mass is 35.5. The molecule has 6 N–H and O–H groups in total. The van der Waals surface area contributed by atoms with Crippen LogP contribution in [0, 0.1) is 0 Å². The van der Waals surface area contributed by atoms with E-state index in [1.807, 2.05) is 24.3 Å². The van der Waals surface area contributed by atoms with Gasteiger partial charge in [-0.15, -0.1) is 24.8 Å². The molecule has 10 heteroatoms. The largest absolute Gasteiger partial charge is 0.497 e. The van der Waals surface area contributed by atoms with Crippen LogP contribution in [0.25, 0.3) is 0 Å². The minimum Gasteiger partial charge on any atom is -0.497 e. The Hall–Kier alpha value is -1.03. The minimum atomic E-state index is -1.35. The molecule has 1 aromatic carbocycles. The molecule has 1 atom stereocenters. The van der Waals surface area contributed by atoms with Crippen LogP contribution in [0.5, 0.6) is 5.75 Å². The van der Waals surface area contributed by atoms with Crippen molar-refractivity contribution in [1.29, 1.82) is 0 Å². The number of unbranched alkanes of at least 4 members (excludes halogenated alkanes) is 1. The Kier molecular flexibility index (Phi) is 11.4. The number of carbonyl (C=O) groups is 1. The first kappa shape index (κ1) is 27.0. The van der Waals surface area contributed by atoms with Crippen LogP contribution in [0.4, 0.5) is 0 Å². The summed E-state index contributed by atoms with van der Waals surface area (Å²) in [6, 6.07) is 7.92. The van der Waals surface area contributed by atoms with Gasteiger partial charge in [0.2, 0.25) is 0 Å². The fourth-order valence-corrected chi connectivity index (χ4v) is 3.23. The predicted octanol–water partition coefficient (Wildman–Crippen LogP) is 1.93. The van der Waals surface area contributed by atoms with E-state index in [1.54, 1.807) is 7.11 Å². The third kappa shape index (κ3) is 7.42. The minimum absolute atomic E-state index is 0. The first-order chi connectivity index (χ1) is 12.3. The number of methoxy groups -OCH3 is 1. The number of nitrogens with two attached hydrogens (primary N) is 1. The van der Waals surface area contributed by atoms with Gasteiger partial charge in [0, 0.05) is 5.54 Å². The lowest BCUT2D eigenvalue weighted by atomic mass is 9.81. The summed E-state index contributed by atoms with van der Waals surface area (Å²) >= 11 is 0. The number of ether oxygens (including phenoxy) is 1. The number of carboxylic acid groups (broad SMARTS) is 1. The van der Waals surface area contributed by atoms with E-state index in [4.69, 9.17) is 20.5 Å². The van der Waals surface area contributed by atoms with E-state index in [0.29, 0.717) is 32.2 Å². The van der Waals surface area contributed by atoms with Crippen molar-refractivity contribution in [3.05, 3.63) is 29.8 Å². The molecule has 0 aromatic heterocycles. The van der Waals surface area contributed by atoms with Crippen molar-refractivity contribution < 1.29 is 24.7 Å². The molecule has 1 saturated carbocycles. The van der Waals surface area contributed by atoms with E-state index in [9.17, 15) is 9.90 Å². The summed E-state index contributed by atoms with van der Waals surface area (Å²) in [7, 11) is 0.279. The molecular weight excluding hydrogens is 406 g/mol. The fraction of sp³-hybridized carbons (Fsp3) is 0.611. The molecule has 0 saturated heterocycles. The zero-order chi connectivity index (χ0) is 19.2. The van der Waals surface area contributed by atoms with Crippen molar-refractivity contribution >= 4 is 37.9 Å². The van der Waals surface area contributed by atoms with Gasteiger partial charge in [-0.05, 0) is 56.2 Å². The molecule has 1 aliphatic rings. The maximum Gasteiger partial charge on any atom is 0.451 e. The average Bonchev–Trinajstić information content (AvgIpc) is 3.39. The van der Waals surface area contributed by atoms with Crippen LogP contribution >= 0.6 is 24.8 Å². The summed E-state index contributed by atoms with van der Waals surface area (Å²) in [5.74, 6) is -0.206. The zero-order valence-electron chi connectivity index (χ0n) is 16.1. The number of nitrogens with one attached hydrogen (secondary N) is 1. The summed E-state index contributed by atoms with van der Waals surface area (Å²) in [6.07, 6.45) is 3.97. The highest BCUT2D eigenvalue weighted by molar-refractivity contribution is 6.40. The van der Waals surface area contributed by atoms with E-state index in [1.165, 1.54) is 5.56 Å². The van der Waals surface area contributed by atoms with Gasteiger partial charge in [-0.2, -0.15) is 0 Å². The predicted molar refractivity (Wildman–Crippen MR) is 114 cm³/mol. The molecule has 160 valence electrons. The first-order valence-corrected chi connectivity index (χ1v) is 9.09. The van der Waals surface area contributed by atoms with Crippen molar-refractivity contribution in [3.63, 3.8) is 0 Å². The van der Waals surface area contributed by atoms with Crippen molar-refractivity contribution in [1.82, 2.24) is 5.32 Å². The number of carboxylic acids is 1. The highest BCUT2D eigenvalue weighted by Gasteiger charge is 2.44. The third-order valence-corrected chi connectivity index (χ3v) is 5.19. The number of rotatable bonds is 12. The Bertz CT molecular complexity index is 602. The van der Waals surface area contributed by atoms with Crippen LogP contribution in [0.15, 0.2) is 24.3 Å². The van der Waals surface area contributed by atoms with Crippen LogP contribution in [0.3, 0.4) is 0 Å². The SMILES string of the molecule is COc1ccc(C2(NCCC(N)(CCCCB(O)O)C(=O)O)CC2)cc1.Cl.Cl. The Morgan fingerprint density at radius 2 is 1.82 bits per heavy atom. The summed E-state index contributed by atoms with van der Waals surface area (Å²) in [6.45, 7) is 0.511. The van der Waals surface area contributed by atoms with E-state index in [-0.39, 0.29) is 36.7 Å². The van der Waals surface area contributed by atoms with E-state index < -0.39 is 18.6 Å².